The van der Waals surface area contributed by atoms with Gasteiger partial charge in [0.25, 0.3) is 5.91 Å². The molecule has 2 N–H and O–H groups in total. The first kappa shape index (κ1) is 22.1. The summed E-state index contributed by atoms with van der Waals surface area (Å²) >= 11 is 6.18. The third kappa shape index (κ3) is 5.79. The van der Waals surface area contributed by atoms with Crippen molar-refractivity contribution in [3.63, 3.8) is 0 Å². The highest BCUT2D eigenvalue weighted by Crippen LogP contribution is 2.27. The van der Waals surface area contributed by atoms with Crippen molar-refractivity contribution in [3.05, 3.63) is 113 Å². The summed E-state index contributed by atoms with van der Waals surface area (Å²) in [6.45, 7) is 1.94. The van der Waals surface area contributed by atoms with Crippen LogP contribution in [-0.2, 0) is 4.79 Å². The van der Waals surface area contributed by atoms with E-state index in [1.807, 2.05) is 49.4 Å². The lowest BCUT2D eigenvalue weighted by Gasteiger charge is -2.07. The fourth-order valence-corrected chi connectivity index (χ4v) is 3.30. The van der Waals surface area contributed by atoms with E-state index in [-0.39, 0.29) is 11.8 Å². The molecular weight excluding hydrogens is 436 g/mol. The largest absolute Gasteiger partial charge is 0.457 e. The number of carbonyl (C=O) groups is 2. The number of halogens is 1. The molecule has 0 bridgehead atoms. The summed E-state index contributed by atoms with van der Waals surface area (Å²) in [7, 11) is 0. The van der Waals surface area contributed by atoms with E-state index in [0.717, 1.165) is 11.1 Å². The lowest BCUT2D eigenvalue weighted by molar-refractivity contribution is -0.111. The van der Waals surface area contributed by atoms with Crippen molar-refractivity contribution < 1.29 is 14.0 Å². The van der Waals surface area contributed by atoms with Crippen molar-refractivity contribution in [3.8, 4) is 11.3 Å². The molecule has 4 rings (SSSR count). The van der Waals surface area contributed by atoms with Crippen molar-refractivity contribution in [1.29, 1.82) is 0 Å². The minimum Gasteiger partial charge on any atom is -0.457 e. The molecule has 0 atom stereocenters. The van der Waals surface area contributed by atoms with Crippen LogP contribution in [0.4, 0.5) is 11.4 Å². The Balaban J connectivity index is 1.33. The van der Waals surface area contributed by atoms with Crippen LogP contribution in [0.3, 0.4) is 0 Å². The van der Waals surface area contributed by atoms with Gasteiger partial charge in [-0.1, -0.05) is 41.9 Å². The number of hydrogen-bond donors (Lipinski definition) is 2. The molecular formula is C27H21ClN2O3. The van der Waals surface area contributed by atoms with Gasteiger partial charge in [-0.25, -0.2) is 0 Å². The molecule has 1 heterocycles. The van der Waals surface area contributed by atoms with Crippen LogP contribution in [0, 0.1) is 6.92 Å². The summed E-state index contributed by atoms with van der Waals surface area (Å²) in [6, 6.07) is 25.2. The van der Waals surface area contributed by atoms with E-state index in [4.69, 9.17) is 16.0 Å². The Bertz CT molecular complexity index is 1310. The van der Waals surface area contributed by atoms with Gasteiger partial charge in [-0.2, -0.15) is 0 Å². The van der Waals surface area contributed by atoms with E-state index in [1.165, 1.54) is 6.08 Å². The van der Waals surface area contributed by atoms with E-state index < -0.39 is 0 Å². The minimum absolute atomic E-state index is 0.193. The Morgan fingerprint density at radius 3 is 2.24 bits per heavy atom. The van der Waals surface area contributed by atoms with Crippen molar-refractivity contribution in [2.45, 2.75) is 6.92 Å². The van der Waals surface area contributed by atoms with Gasteiger partial charge < -0.3 is 15.1 Å². The molecule has 2 amide bonds. The highest BCUT2D eigenvalue weighted by atomic mass is 35.5. The lowest BCUT2D eigenvalue weighted by atomic mass is 10.1. The number of amides is 2. The van der Waals surface area contributed by atoms with Gasteiger partial charge in [0.15, 0.2) is 0 Å². The van der Waals surface area contributed by atoms with Crippen molar-refractivity contribution in [2.24, 2.45) is 0 Å². The van der Waals surface area contributed by atoms with Crippen LogP contribution >= 0.6 is 11.6 Å². The van der Waals surface area contributed by atoms with Crippen LogP contribution in [0.15, 0.2) is 95.4 Å². The molecule has 0 saturated heterocycles. The summed E-state index contributed by atoms with van der Waals surface area (Å²) < 4.78 is 5.79. The predicted molar refractivity (Wildman–Crippen MR) is 132 cm³/mol. The first-order valence-corrected chi connectivity index (χ1v) is 10.7. The second-order valence-corrected chi connectivity index (χ2v) is 7.79. The third-order valence-electron chi connectivity index (χ3n) is 4.93. The first-order valence-electron chi connectivity index (χ1n) is 10.3. The number of benzene rings is 3. The number of rotatable bonds is 6. The molecule has 0 spiro atoms. The Kier molecular flexibility index (Phi) is 6.72. The van der Waals surface area contributed by atoms with E-state index in [1.54, 1.807) is 48.5 Å². The van der Waals surface area contributed by atoms with Crippen LogP contribution in [0.5, 0.6) is 0 Å². The van der Waals surface area contributed by atoms with Crippen LogP contribution in [0.1, 0.15) is 21.7 Å². The Morgan fingerprint density at radius 2 is 1.55 bits per heavy atom. The van der Waals surface area contributed by atoms with Gasteiger partial charge in [-0.3, -0.25) is 9.59 Å². The maximum atomic E-state index is 12.3. The molecule has 33 heavy (non-hydrogen) atoms. The van der Waals surface area contributed by atoms with Crippen molar-refractivity contribution >= 4 is 40.9 Å². The highest BCUT2D eigenvalue weighted by molar-refractivity contribution is 6.31. The smallest absolute Gasteiger partial charge is 0.255 e. The summed E-state index contributed by atoms with van der Waals surface area (Å²) in [5, 5.41) is 6.27. The van der Waals surface area contributed by atoms with Gasteiger partial charge in [0.2, 0.25) is 5.91 Å². The molecule has 0 aliphatic heterocycles. The van der Waals surface area contributed by atoms with Crippen LogP contribution in [0.25, 0.3) is 17.4 Å². The normalized spacial score (nSPS) is 10.8. The molecule has 5 nitrogen and oxygen atoms in total. The van der Waals surface area contributed by atoms with Gasteiger partial charge in [0, 0.05) is 33.6 Å². The minimum atomic E-state index is -0.299. The second-order valence-electron chi connectivity index (χ2n) is 7.39. The van der Waals surface area contributed by atoms with Gasteiger partial charge in [0.1, 0.15) is 11.5 Å². The fourth-order valence-electron chi connectivity index (χ4n) is 3.12. The zero-order valence-electron chi connectivity index (χ0n) is 17.8. The monoisotopic (exact) mass is 456 g/mol. The standard InChI is InChI=1S/C27H21ClN2O3/c1-18-7-8-20(17-24(18)28)25-15-13-23(33-25)14-16-26(31)29-21-9-11-22(12-10-21)30-27(32)19-5-3-2-4-6-19/h2-17H,1H3,(H,29,31)(H,30,32)/b16-14+. The number of hydrogen-bond acceptors (Lipinski definition) is 3. The number of carbonyl (C=O) groups excluding carboxylic acids is 2. The summed E-state index contributed by atoms with van der Waals surface area (Å²) in [4.78, 5) is 24.5. The van der Waals surface area contributed by atoms with E-state index in [2.05, 4.69) is 10.6 Å². The highest BCUT2D eigenvalue weighted by Gasteiger charge is 2.07. The number of aryl methyl sites for hydroxylation is 1. The van der Waals surface area contributed by atoms with E-state index in [9.17, 15) is 9.59 Å². The molecule has 164 valence electrons. The quantitative estimate of drug-likeness (QED) is 0.313. The SMILES string of the molecule is Cc1ccc(-c2ccc(/C=C/C(=O)Nc3ccc(NC(=O)c4ccccc4)cc3)o2)cc1Cl. The molecule has 1 aromatic heterocycles. The molecule has 3 aromatic carbocycles. The fraction of sp³-hybridized carbons (Fsp3) is 0.0370. The van der Waals surface area contributed by atoms with Crippen molar-refractivity contribution in [2.75, 3.05) is 10.6 Å². The number of anilines is 2. The van der Waals surface area contributed by atoms with Crippen molar-refractivity contribution in [1.82, 2.24) is 0 Å². The Hall–Kier alpha value is -4.09. The summed E-state index contributed by atoms with van der Waals surface area (Å²) in [5.74, 6) is 0.731. The average molecular weight is 457 g/mol. The van der Waals surface area contributed by atoms with Crippen LogP contribution in [-0.4, -0.2) is 11.8 Å². The zero-order chi connectivity index (χ0) is 23.2. The molecule has 0 aliphatic carbocycles. The van der Waals surface area contributed by atoms with Gasteiger partial charge in [-0.15, -0.1) is 0 Å². The first-order chi connectivity index (χ1) is 16.0. The van der Waals surface area contributed by atoms with Crippen LogP contribution < -0.4 is 10.6 Å². The molecule has 4 aromatic rings. The number of furan rings is 1. The molecule has 0 radical (unpaired) electrons. The second kappa shape index (κ2) is 10.0. The van der Waals surface area contributed by atoms with Crippen LogP contribution in [0.2, 0.25) is 5.02 Å². The predicted octanol–water partition coefficient (Wildman–Crippen LogP) is 6.81. The van der Waals surface area contributed by atoms with E-state index in [0.29, 0.717) is 33.5 Å². The average Bonchev–Trinajstić information content (AvgIpc) is 3.30. The summed E-state index contributed by atoms with van der Waals surface area (Å²) in [6.07, 6.45) is 3.00. The third-order valence-corrected chi connectivity index (χ3v) is 5.34. The van der Waals surface area contributed by atoms with Gasteiger partial charge in [0.05, 0.1) is 0 Å². The van der Waals surface area contributed by atoms with Gasteiger partial charge >= 0.3 is 0 Å². The Morgan fingerprint density at radius 1 is 0.848 bits per heavy atom. The molecule has 0 saturated carbocycles. The van der Waals surface area contributed by atoms with Gasteiger partial charge in [-0.05, 0) is 73.2 Å². The molecule has 0 fully saturated rings. The maximum Gasteiger partial charge on any atom is 0.255 e. The Labute approximate surface area is 196 Å². The number of nitrogens with one attached hydrogen (secondary N) is 2. The zero-order valence-corrected chi connectivity index (χ0v) is 18.6. The topological polar surface area (TPSA) is 71.3 Å². The van der Waals surface area contributed by atoms with E-state index >= 15 is 0 Å². The lowest BCUT2D eigenvalue weighted by Crippen LogP contribution is -2.12. The molecule has 0 unspecified atom stereocenters. The maximum absolute atomic E-state index is 12.3. The molecule has 6 heteroatoms. The summed E-state index contributed by atoms with van der Waals surface area (Å²) in [5.41, 5.74) is 3.68. The molecule has 0 aliphatic rings.